The predicted molar refractivity (Wildman–Crippen MR) is 85.5 cm³/mol. The van der Waals surface area contributed by atoms with E-state index in [1.165, 1.54) is 30.3 Å². The number of aliphatic hydroxyl groups is 1. The lowest BCUT2D eigenvalue weighted by atomic mass is 10.1. The molecule has 0 heterocycles. The van der Waals surface area contributed by atoms with Crippen molar-refractivity contribution in [3.63, 3.8) is 0 Å². The minimum absolute atomic E-state index is 0.0755. The van der Waals surface area contributed by atoms with E-state index in [9.17, 15) is 18.7 Å². The Morgan fingerprint density at radius 3 is 2.46 bits per heavy atom. The monoisotopic (exact) mass is 335 g/mol. The van der Waals surface area contributed by atoms with Gasteiger partial charge in [-0.05, 0) is 24.6 Å². The summed E-state index contributed by atoms with van der Waals surface area (Å²) in [6.45, 7) is 0.123. The molecule has 0 bridgehead atoms. The van der Waals surface area contributed by atoms with Crippen LogP contribution in [0.3, 0.4) is 0 Å². The molecule has 128 valence electrons. The van der Waals surface area contributed by atoms with Crippen molar-refractivity contribution in [3.05, 3.63) is 65.7 Å². The van der Waals surface area contributed by atoms with E-state index in [1.807, 2.05) is 0 Å². The van der Waals surface area contributed by atoms with Crippen LogP contribution < -0.4 is 10.1 Å². The fraction of sp³-hybridized carbons (Fsp3) is 0.278. The Balaban J connectivity index is 1.67. The fourth-order valence-electron chi connectivity index (χ4n) is 2.13. The first-order valence-corrected chi connectivity index (χ1v) is 7.64. The zero-order chi connectivity index (χ0) is 17.4. The topological polar surface area (TPSA) is 58.6 Å². The van der Waals surface area contributed by atoms with Crippen LogP contribution in [0.1, 0.15) is 24.5 Å². The molecule has 24 heavy (non-hydrogen) atoms. The van der Waals surface area contributed by atoms with Gasteiger partial charge in [0.25, 0.3) is 0 Å². The highest BCUT2D eigenvalue weighted by atomic mass is 19.1. The van der Waals surface area contributed by atoms with Crippen LogP contribution in [0.5, 0.6) is 5.75 Å². The Kier molecular flexibility index (Phi) is 6.69. The summed E-state index contributed by atoms with van der Waals surface area (Å²) in [6, 6.07) is 11.9. The molecule has 0 radical (unpaired) electrons. The van der Waals surface area contributed by atoms with Crippen molar-refractivity contribution in [2.75, 3.05) is 13.2 Å². The number of hydrogen-bond donors (Lipinski definition) is 2. The lowest BCUT2D eigenvalue weighted by Crippen LogP contribution is -2.28. The minimum Gasteiger partial charge on any atom is -0.491 e. The van der Waals surface area contributed by atoms with Crippen LogP contribution >= 0.6 is 0 Å². The van der Waals surface area contributed by atoms with Gasteiger partial charge in [0.05, 0.1) is 12.7 Å². The van der Waals surface area contributed by atoms with E-state index in [2.05, 4.69) is 5.32 Å². The quantitative estimate of drug-likeness (QED) is 0.729. The van der Waals surface area contributed by atoms with E-state index in [0.29, 0.717) is 6.42 Å². The highest BCUT2D eigenvalue weighted by Crippen LogP contribution is 2.16. The van der Waals surface area contributed by atoms with Crippen molar-refractivity contribution >= 4 is 5.91 Å². The molecule has 2 rings (SSSR count). The molecular formula is C18H19F2NO3. The minimum atomic E-state index is -1.11. The first kappa shape index (κ1) is 17.9. The number of rotatable bonds is 8. The van der Waals surface area contributed by atoms with E-state index in [4.69, 9.17) is 4.74 Å². The summed E-state index contributed by atoms with van der Waals surface area (Å²) in [6.07, 6.45) is -0.543. The normalized spacial score (nSPS) is 11.8. The maximum atomic E-state index is 13.5. The summed E-state index contributed by atoms with van der Waals surface area (Å²) < 4.78 is 32.0. The molecule has 2 N–H and O–H groups in total. The van der Waals surface area contributed by atoms with E-state index in [0.717, 1.165) is 0 Å². The van der Waals surface area contributed by atoms with Crippen molar-refractivity contribution in [1.29, 1.82) is 0 Å². The van der Waals surface area contributed by atoms with Gasteiger partial charge in [-0.1, -0.05) is 30.3 Å². The highest BCUT2D eigenvalue weighted by Gasteiger charge is 2.13. The highest BCUT2D eigenvalue weighted by molar-refractivity contribution is 5.75. The van der Waals surface area contributed by atoms with Crippen molar-refractivity contribution in [2.45, 2.75) is 18.9 Å². The zero-order valence-electron chi connectivity index (χ0n) is 13.0. The Labute approximate surface area is 139 Å². The smallest absolute Gasteiger partial charge is 0.220 e. The van der Waals surface area contributed by atoms with Crippen molar-refractivity contribution in [1.82, 2.24) is 5.32 Å². The lowest BCUT2D eigenvalue weighted by molar-refractivity contribution is -0.121. The van der Waals surface area contributed by atoms with Crippen molar-refractivity contribution in [3.8, 4) is 5.75 Å². The van der Waals surface area contributed by atoms with Crippen LogP contribution in [-0.2, 0) is 4.79 Å². The van der Waals surface area contributed by atoms with Gasteiger partial charge >= 0.3 is 0 Å². The molecule has 0 aliphatic rings. The summed E-state index contributed by atoms with van der Waals surface area (Å²) in [4.78, 5) is 11.7. The largest absolute Gasteiger partial charge is 0.491 e. The molecule has 2 aromatic rings. The Bertz CT molecular complexity index is 679. The van der Waals surface area contributed by atoms with Gasteiger partial charge in [-0.3, -0.25) is 4.79 Å². The number of aliphatic hydroxyl groups excluding tert-OH is 1. The van der Waals surface area contributed by atoms with Gasteiger partial charge in [-0.25, -0.2) is 8.78 Å². The van der Waals surface area contributed by atoms with Crippen LogP contribution in [0.25, 0.3) is 0 Å². The van der Waals surface area contributed by atoms with Gasteiger partial charge < -0.3 is 15.2 Å². The molecule has 0 aliphatic carbocycles. The average molecular weight is 335 g/mol. The maximum absolute atomic E-state index is 13.5. The summed E-state index contributed by atoms with van der Waals surface area (Å²) in [5, 5.41) is 12.4. The number of ether oxygens (including phenoxy) is 1. The molecule has 1 amide bonds. The Morgan fingerprint density at radius 1 is 1.08 bits per heavy atom. The molecule has 0 saturated heterocycles. The Morgan fingerprint density at radius 2 is 1.75 bits per heavy atom. The van der Waals surface area contributed by atoms with E-state index in [1.54, 1.807) is 18.2 Å². The van der Waals surface area contributed by atoms with E-state index in [-0.39, 0.29) is 36.8 Å². The molecule has 2 aromatic carbocycles. The SMILES string of the molecule is O=C(CCCOc1ccccc1F)NCC(O)c1ccccc1F. The van der Waals surface area contributed by atoms with Gasteiger partial charge in [-0.15, -0.1) is 0 Å². The number of amides is 1. The molecular weight excluding hydrogens is 316 g/mol. The number of hydrogen-bond acceptors (Lipinski definition) is 3. The van der Waals surface area contributed by atoms with Gasteiger partial charge in [0.15, 0.2) is 11.6 Å². The van der Waals surface area contributed by atoms with Crippen LogP contribution in [0, 0.1) is 11.6 Å². The molecule has 1 unspecified atom stereocenters. The molecule has 0 aliphatic heterocycles. The van der Waals surface area contributed by atoms with Gasteiger partial charge in [-0.2, -0.15) is 0 Å². The van der Waals surface area contributed by atoms with E-state index < -0.39 is 17.7 Å². The van der Waals surface area contributed by atoms with Gasteiger partial charge in [0.1, 0.15) is 5.82 Å². The summed E-state index contributed by atoms with van der Waals surface area (Å²) in [5.74, 6) is -1.11. The number of para-hydroxylation sites is 1. The number of carbonyl (C=O) groups is 1. The van der Waals surface area contributed by atoms with Crippen LogP contribution in [0.2, 0.25) is 0 Å². The third-order valence-electron chi connectivity index (χ3n) is 3.40. The number of halogens is 2. The maximum Gasteiger partial charge on any atom is 0.220 e. The second-order valence-electron chi connectivity index (χ2n) is 5.22. The number of carbonyl (C=O) groups excluding carboxylic acids is 1. The summed E-state index contributed by atoms with van der Waals surface area (Å²) >= 11 is 0. The van der Waals surface area contributed by atoms with Gasteiger partial charge in [0.2, 0.25) is 5.91 Å². The predicted octanol–water partition coefficient (Wildman–Crippen LogP) is 2.97. The lowest BCUT2D eigenvalue weighted by Gasteiger charge is -2.13. The molecule has 6 heteroatoms. The second-order valence-corrected chi connectivity index (χ2v) is 5.22. The number of benzene rings is 2. The third kappa shape index (κ3) is 5.31. The Hall–Kier alpha value is -2.47. The average Bonchev–Trinajstić information content (AvgIpc) is 2.58. The third-order valence-corrected chi connectivity index (χ3v) is 3.40. The van der Waals surface area contributed by atoms with Crippen LogP contribution in [-0.4, -0.2) is 24.2 Å². The molecule has 0 fully saturated rings. The van der Waals surface area contributed by atoms with Crippen molar-refractivity contribution in [2.24, 2.45) is 0 Å². The van der Waals surface area contributed by atoms with Crippen molar-refractivity contribution < 1.29 is 23.4 Å². The van der Waals surface area contributed by atoms with Crippen LogP contribution in [0.4, 0.5) is 8.78 Å². The molecule has 4 nitrogen and oxygen atoms in total. The summed E-state index contributed by atoms with van der Waals surface area (Å²) in [5.41, 5.74) is 0.140. The number of nitrogens with one attached hydrogen (secondary N) is 1. The molecule has 0 aromatic heterocycles. The molecule has 0 spiro atoms. The molecule has 1 atom stereocenters. The first-order valence-electron chi connectivity index (χ1n) is 7.64. The van der Waals surface area contributed by atoms with Gasteiger partial charge in [0, 0.05) is 18.5 Å². The standard InChI is InChI=1S/C18H19F2NO3/c19-14-7-2-1-6-13(14)16(22)12-21-18(23)10-5-11-24-17-9-4-3-8-15(17)20/h1-4,6-9,16,22H,5,10-12H2,(H,21,23). The fourth-order valence-corrected chi connectivity index (χ4v) is 2.13. The zero-order valence-corrected chi connectivity index (χ0v) is 13.0. The second kappa shape index (κ2) is 8.98. The first-order chi connectivity index (χ1) is 11.6. The summed E-state index contributed by atoms with van der Waals surface area (Å²) in [7, 11) is 0. The van der Waals surface area contributed by atoms with Crippen LogP contribution in [0.15, 0.2) is 48.5 Å². The van der Waals surface area contributed by atoms with E-state index >= 15 is 0 Å². The molecule has 0 saturated carbocycles.